The molecule has 5 aromatic rings. The third kappa shape index (κ3) is 4.23. The molecule has 1 aliphatic rings. The van der Waals surface area contributed by atoms with Crippen LogP contribution in [0.5, 0.6) is 0 Å². The fraction of sp³-hybridized carbons (Fsp3) is 0.320. The molecule has 1 fully saturated rings. The number of aromatic nitrogens is 4. The fourth-order valence-electron chi connectivity index (χ4n) is 4.81. The Labute approximate surface area is 211 Å². The van der Waals surface area contributed by atoms with E-state index < -0.39 is 5.82 Å². The van der Waals surface area contributed by atoms with E-state index in [4.69, 9.17) is 16.7 Å². The summed E-state index contributed by atoms with van der Waals surface area (Å²) in [6.45, 7) is 4.10. The van der Waals surface area contributed by atoms with Crippen LogP contribution in [0.15, 0.2) is 42.9 Å². The minimum atomic E-state index is -0.451. The van der Waals surface area contributed by atoms with Crippen LogP contribution in [-0.2, 0) is 6.54 Å². The van der Waals surface area contributed by atoms with Crippen LogP contribution in [0.25, 0.3) is 31.2 Å². The molecule has 0 amide bonds. The van der Waals surface area contributed by atoms with Gasteiger partial charge in [-0.2, -0.15) is 5.10 Å². The van der Waals surface area contributed by atoms with Gasteiger partial charge in [-0.05, 0) is 51.3 Å². The molecule has 0 radical (unpaired) electrons. The van der Waals surface area contributed by atoms with Crippen molar-refractivity contribution in [2.45, 2.75) is 19.0 Å². The molecule has 0 saturated carbocycles. The maximum atomic E-state index is 13.6. The van der Waals surface area contributed by atoms with Crippen molar-refractivity contribution < 1.29 is 4.39 Å². The van der Waals surface area contributed by atoms with Gasteiger partial charge in [0, 0.05) is 46.5 Å². The summed E-state index contributed by atoms with van der Waals surface area (Å²) in [7, 11) is 4.31. The highest BCUT2D eigenvalue weighted by Gasteiger charge is 2.23. The molecular formula is C25H25ClFN7S. The van der Waals surface area contributed by atoms with E-state index in [0.717, 1.165) is 57.4 Å². The topological polar surface area (TPSA) is 62.1 Å². The van der Waals surface area contributed by atoms with Crippen LogP contribution in [-0.4, -0.2) is 69.3 Å². The average molecular weight is 510 g/mol. The van der Waals surface area contributed by atoms with Crippen molar-refractivity contribution in [3.8, 4) is 0 Å². The van der Waals surface area contributed by atoms with Crippen molar-refractivity contribution in [3.63, 3.8) is 0 Å². The molecule has 1 N–H and O–H groups in total. The van der Waals surface area contributed by atoms with Gasteiger partial charge >= 0.3 is 0 Å². The van der Waals surface area contributed by atoms with E-state index in [1.807, 2.05) is 0 Å². The number of hydrogen-bond acceptors (Lipinski definition) is 7. The summed E-state index contributed by atoms with van der Waals surface area (Å²) < 4.78 is 16.8. The standard InChI is InChI=1S/C25H25ClFN7S/c1-32(2)16-7-8-33(12-16)9-10-34-13-18-21(31-34)6-4-17-22-24(28-14-29-25(22)35-23(17)18)30-15-3-5-20(27)19(26)11-15/h3-6,11,13-14,16H,7-10,12H2,1-2H3,(H,28,29,30)/t16-/m0/s1. The summed E-state index contributed by atoms with van der Waals surface area (Å²) in [6.07, 6.45) is 4.91. The van der Waals surface area contributed by atoms with Gasteiger partial charge in [0.2, 0.25) is 0 Å². The second kappa shape index (κ2) is 8.98. The first-order valence-corrected chi connectivity index (χ1v) is 12.8. The van der Waals surface area contributed by atoms with Crippen LogP contribution in [0.4, 0.5) is 15.9 Å². The number of likely N-dealkylation sites (tertiary alicyclic amines) is 1. The first-order chi connectivity index (χ1) is 17.0. The van der Waals surface area contributed by atoms with E-state index in [2.05, 4.69) is 62.2 Å². The molecule has 2 aromatic carbocycles. The molecule has 4 heterocycles. The molecule has 10 heteroatoms. The van der Waals surface area contributed by atoms with Crippen LogP contribution < -0.4 is 5.32 Å². The second-order valence-corrected chi connectivity index (χ2v) is 10.6. The average Bonchev–Trinajstić information content (AvgIpc) is 3.56. The molecule has 0 unspecified atom stereocenters. The Hall–Kier alpha value is -2.85. The highest BCUT2D eigenvalue weighted by molar-refractivity contribution is 7.26. The molecule has 7 nitrogen and oxygen atoms in total. The summed E-state index contributed by atoms with van der Waals surface area (Å²) in [5.74, 6) is 0.216. The van der Waals surface area contributed by atoms with Gasteiger partial charge in [-0.15, -0.1) is 11.3 Å². The van der Waals surface area contributed by atoms with Crippen molar-refractivity contribution in [1.29, 1.82) is 0 Å². The molecule has 1 saturated heterocycles. The minimum Gasteiger partial charge on any atom is -0.340 e. The Morgan fingerprint density at radius 1 is 1.17 bits per heavy atom. The largest absolute Gasteiger partial charge is 0.340 e. The van der Waals surface area contributed by atoms with Crippen molar-refractivity contribution in [2.75, 3.05) is 39.0 Å². The Kier molecular flexibility index (Phi) is 5.80. The van der Waals surface area contributed by atoms with Crippen LogP contribution in [0.2, 0.25) is 5.02 Å². The number of rotatable bonds is 6. The van der Waals surface area contributed by atoms with Crippen molar-refractivity contribution in [1.82, 2.24) is 29.5 Å². The first kappa shape index (κ1) is 22.6. The number of hydrogen-bond donors (Lipinski definition) is 1. The van der Waals surface area contributed by atoms with E-state index in [1.165, 1.54) is 12.5 Å². The number of likely N-dealkylation sites (N-methyl/N-ethyl adjacent to an activating group) is 1. The number of nitrogens with one attached hydrogen (secondary N) is 1. The van der Waals surface area contributed by atoms with E-state index in [1.54, 1.807) is 29.8 Å². The van der Waals surface area contributed by atoms with Gasteiger partial charge in [0.1, 0.15) is 22.8 Å². The maximum absolute atomic E-state index is 13.6. The molecule has 0 bridgehead atoms. The van der Waals surface area contributed by atoms with Gasteiger partial charge in [0.15, 0.2) is 0 Å². The lowest BCUT2D eigenvalue weighted by Crippen LogP contribution is -2.32. The van der Waals surface area contributed by atoms with Crippen LogP contribution >= 0.6 is 22.9 Å². The smallest absolute Gasteiger partial charge is 0.143 e. The lowest BCUT2D eigenvalue weighted by molar-refractivity contribution is 0.261. The summed E-state index contributed by atoms with van der Waals surface area (Å²) in [5.41, 5.74) is 1.65. The Bertz CT molecular complexity index is 1550. The Morgan fingerprint density at radius 2 is 2.06 bits per heavy atom. The summed E-state index contributed by atoms with van der Waals surface area (Å²) in [5, 5.41) is 11.3. The van der Waals surface area contributed by atoms with Crippen LogP contribution in [0, 0.1) is 5.82 Å². The number of fused-ring (bicyclic) bond motifs is 5. The summed E-state index contributed by atoms with van der Waals surface area (Å²) in [4.78, 5) is 14.7. The third-order valence-electron chi connectivity index (χ3n) is 6.77. The number of nitrogens with zero attached hydrogens (tertiary/aromatic N) is 6. The Morgan fingerprint density at radius 3 is 2.86 bits per heavy atom. The minimum absolute atomic E-state index is 0.0655. The van der Waals surface area contributed by atoms with Crippen molar-refractivity contribution in [3.05, 3.63) is 53.7 Å². The van der Waals surface area contributed by atoms with Crippen LogP contribution in [0.3, 0.4) is 0 Å². The molecule has 180 valence electrons. The van der Waals surface area contributed by atoms with E-state index in [0.29, 0.717) is 17.5 Å². The first-order valence-electron chi connectivity index (χ1n) is 11.6. The number of halogens is 2. The van der Waals surface area contributed by atoms with Crippen LogP contribution in [0.1, 0.15) is 6.42 Å². The van der Waals surface area contributed by atoms with Gasteiger partial charge in [-0.3, -0.25) is 9.58 Å². The normalized spacial score (nSPS) is 16.9. The highest BCUT2D eigenvalue weighted by Crippen LogP contribution is 2.40. The number of thiophene rings is 1. The maximum Gasteiger partial charge on any atom is 0.143 e. The van der Waals surface area contributed by atoms with Gasteiger partial charge in [0.25, 0.3) is 0 Å². The molecular weight excluding hydrogens is 485 g/mol. The molecule has 1 aliphatic heterocycles. The van der Waals surface area contributed by atoms with Crippen molar-refractivity contribution >= 4 is 65.6 Å². The lowest BCUT2D eigenvalue weighted by Gasteiger charge is -2.20. The fourth-order valence-corrected chi connectivity index (χ4v) is 6.14. The third-order valence-corrected chi connectivity index (χ3v) is 8.21. The summed E-state index contributed by atoms with van der Waals surface area (Å²) >= 11 is 7.60. The highest BCUT2D eigenvalue weighted by atomic mass is 35.5. The molecule has 6 rings (SSSR count). The Balaban J connectivity index is 1.31. The number of benzene rings is 2. The summed E-state index contributed by atoms with van der Waals surface area (Å²) in [6, 6.07) is 9.33. The van der Waals surface area contributed by atoms with Gasteiger partial charge in [0.05, 0.1) is 22.5 Å². The predicted octanol–water partition coefficient (Wildman–Crippen LogP) is 5.37. The molecule has 3 aromatic heterocycles. The van der Waals surface area contributed by atoms with Crippen molar-refractivity contribution in [2.24, 2.45) is 0 Å². The number of anilines is 2. The van der Waals surface area contributed by atoms with Gasteiger partial charge in [-0.25, -0.2) is 14.4 Å². The van der Waals surface area contributed by atoms with E-state index in [9.17, 15) is 4.39 Å². The zero-order valence-electron chi connectivity index (χ0n) is 19.5. The van der Waals surface area contributed by atoms with E-state index >= 15 is 0 Å². The molecule has 0 spiro atoms. The van der Waals surface area contributed by atoms with E-state index in [-0.39, 0.29) is 5.02 Å². The SMILES string of the molecule is CN(C)[C@H]1CCN(CCn2cc3c(ccc4c3sc3ncnc(Nc5ccc(F)c(Cl)c5)c34)n2)C1. The van der Waals surface area contributed by atoms with Gasteiger partial charge in [-0.1, -0.05) is 17.7 Å². The molecule has 35 heavy (non-hydrogen) atoms. The predicted molar refractivity (Wildman–Crippen MR) is 141 cm³/mol. The molecule has 0 aliphatic carbocycles. The second-order valence-electron chi connectivity index (χ2n) is 9.23. The van der Waals surface area contributed by atoms with Gasteiger partial charge < -0.3 is 10.2 Å². The zero-order chi connectivity index (χ0) is 24.1. The zero-order valence-corrected chi connectivity index (χ0v) is 21.1. The lowest BCUT2D eigenvalue weighted by atomic mass is 10.1. The monoisotopic (exact) mass is 509 g/mol. The molecule has 1 atom stereocenters. The quantitative estimate of drug-likeness (QED) is 0.332.